The number of aryl methyl sites for hydroxylation is 1. The highest BCUT2D eigenvalue weighted by Gasteiger charge is 2.32. The lowest BCUT2D eigenvalue weighted by Gasteiger charge is -2.11. The molecule has 0 amide bonds. The van der Waals surface area contributed by atoms with Crippen molar-refractivity contribution in [1.82, 2.24) is 5.32 Å². The molecule has 1 nitrogen and oxygen atoms in total. The van der Waals surface area contributed by atoms with Gasteiger partial charge in [0.05, 0.1) is 5.56 Å². The van der Waals surface area contributed by atoms with Gasteiger partial charge in [-0.15, -0.1) is 11.3 Å². The third-order valence-corrected chi connectivity index (χ3v) is 3.97. The van der Waals surface area contributed by atoms with Gasteiger partial charge in [0, 0.05) is 16.3 Å². The topological polar surface area (TPSA) is 12.0 Å². The zero-order valence-electron chi connectivity index (χ0n) is 10.6. The van der Waals surface area contributed by atoms with E-state index in [4.69, 9.17) is 0 Å². The first-order chi connectivity index (χ1) is 8.91. The van der Waals surface area contributed by atoms with Crippen molar-refractivity contribution in [3.05, 3.63) is 46.3 Å². The van der Waals surface area contributed by atoms with Crippen LogP contribution in [0.25, 0.3) is 10.4 Å². The lowest BCUT2D eigenvalue weighted by molar-refractivity contribution is -0.138. The lowest BCUT2D eigenvalue weighted by Crippen LogP contribution is -2.07. The van der Waals surface area contributed by atoms with Gasteiger partial charge in [0.25, 0.3) is 0 Å². The number of halogens is 3. The van der Waals surface area contributed by atoms with Gasteiger partial charge >= 0.3 is 6.18 Å². The van der Waals surface area contributed by atoms with Gasteiger partial charge in [0.2, 0.25) is 0 Å². The minimum absolute atomic E-state index is 0.253. The second-order valence-electron chi connectivity index (χ2n) is 4.32. The Morgan fingerprint density at radius 3 is 2.53 bits per heavy atom. The predicted octanol–water partition coefficient (Wildman–Crippen LogP) is 4.46. The van der Waals surface area contributed by atoms with Crippen molar-refractivity contribution < 1.29 is 13.2 Å². The fourth-order valence-electron chi connectivity index (χ4n) is 1.88. The molecular weight excluding hydrogens is 271 g/mol. The summed E-state index contributed by atoms with van der Waals surface area (Å²) in [4.78, 5) is 1.96. The molecule has 1 N–H and O–H groups in total. The molecule has 1 aromatic heterocycles. The Labute approximate surface area is 114 Å². The summed E-state index contributed by atoms with van der Waals surface area (Å²) in [7, 11) is 1.84. The van der Waals surface area contributed by atoms with E-state index in [9.17, 15) is 13.2 Å². The molecule has 0 bridgehead atoms. The van der Waals surface area contributed by atoms with Crippen molar-refractivity contribution in [1.29, 1.82) is 0 Å². The first-order valence-electron chi connectivity index (χ1n) is 5.83. The van der Waals surface area contributed by atoms with Crippen LogP contribution >= 0.6 is 11.3 Å². The Kier molecular flexibility index (Phi) is 3.96. The van der Waals surface area contributed by atoms with Gasteiger partial charge in [-0.25, -0.2) is 0 Å². The van der Waals surface area contributed by atoms with Gasteiger partial charge < -0.3 is 5.32 Å². The molecule has 0 atom stereocenters. The average Bonchev–Trinajstić information content (AvgIpc) is 2.77. The molecule has 19 heavy (non-hydrogen) atoms. The maximum atomic E-state index is 12.9. The van der Waals surface area contributed by atoms with Crippen molar-refractivity contribution in [2.24, 2.45) is 0 Å². The van der Waals surface area contributed by atoms with E-state index in [1.165, 1.54) is 30.4 Å². The number of benzene rings is 1. The normalized spacial score (nSPS) is 11.8. The number of alkyl halides is 3. The Hall–Kier alpha value is -1.33. The highest BCUT2D eigenvalue weighted by molar-refractivity contribution is 7.15. The lowest BCUT2D eigenvalue weighted by atomic mass is 10.0. The van der Waals surface area contributed by atoms with Crippen LogP contribution in [0.3, 0.4) is 0 Å². The Bertz CT molecular complexity index is 572. The number of rotatable bonds is 3. The van der Waals surface area contributed by atoms with Crippen LogP contribution < -0.4 is 5.32 Å². The molecule has 5 heteroatoms. The molecule has 0 unspecified atom stereocenters. The molecule has 1 heterocycles. The van der Waals surface area contributed by atoms with E-state index in [0.29, 0.717) is 5.56 Å². The molecule has 0 spiro atoms. The molecule has 0 saturated carbocycles. The largest absolute Gasteiger partial charge is 0.416 e. The third-order valence-electron chi connectivity index (χ3n) is 2.84. The standard InChI is InChI=1S/C14H14F3NS/c1-9-3-4-10(7-12(9)14(15,16)17)13-6-5-11(19-13)8-18-2/h3-7,18H,8H2,1-2H3. The summed E-state index contributed by atoms with van der Waals surface area (Å²) in [6.07, 6.45) is -4.30. The smallest absolute Gasteiger partial charge is 0.315 e. The molecule has 0 aliphatic heterocycles. The van der Waals surface area contributed by atoms with E-state index in [2.05, 4.69) is 5.32 Å². The third kappa shape index (κ3) is 3.16. The highest BCUT2D eigenvalue weighted by atomic mass is 32.1. The maximum absolute atomic E-state index is 12.9. The molecule has 0 aliphatic rings. The first kappa shape index (κ1) is 14.1. The molecule has 102 valence electrons. The molecule has 0 fully saturated rings. The van der Waals surface area contributed by atoms with Gasteiger partial charge in [-0.05, 0) is 43.3 Å². The SMILES string of the molecule is CNCc1ccc(-c2ccc(C)c(C(F)(F)F)c2)s1. The molecule has 1 aromatic carbocycles. The molecule has 0 aliphatic carbocycles. The molecule has 0 saturated heterocycles. The van der Waals surface area contributed by atoms with E-state index in [0.717, 1.165) is 16.3 Å². The number of hydrogen-bond donors (Lipinski definition) is 1. The molecule has 0 radical (unpaired) electrons. The van der Waals surface area contributed by atoms with Crippen molar-refractivity contribution in [2.45, 2.75) is 19.6 Å². The van der Waals surface area contributed by atoms with E-state index in [1.54, 1.807) is 6.07 Å². The van der Waals surface area contributed by atoms with Gasteiger partial charge in [0.15, 0.2) is 0 Å². The highest BCUT2D eigenvalue weighted by Crippen LogP contribution is 2.36. The molecular formula is C14H14F3NS. The summed E-state index contributed by atoms with van der Waals surface area (Å²) in [6, 6.07) is 8.28. The molecule has 2 rings (SSSR count). The van der Waals surface area contributed by atoms with Crippen LogP contribution in [0.15, 0.2) is 30.3 Å². The van der Waals surface area contributed by atoms with Crippen LogP contribution in [0, 0.1) is 6.92 Å². The van der Waals surface area contributed by atoms with Crippen LogP contribution in [0.5, 0.6) is 0 Å². The Morgan fingerprint density at radius 1 is 1.16 bits per heavy atom. The average molecular weight is 285 g/mol. The van der Waals surface area contributed by atoms with Crippen LogP contribution in [-0.2, 0) is 12.7 Å². The monoisotopic (exact) mass is 285 g/mol. The summed E-state index contributed by atoms with van der Waals surface area (Å²) in [6.45, 7) is 2.20. The van der Waals surface area contributed by atoms with Gasteiger partial charge in [-0.2, -0.15) is 13.2 Å². The predicted molar refractivity (Wildman–Crippen MR) is 72.3 cm³/mol. The second kappa shape index (κ2) is 5.35. The van der Waals surface area contributed by atoms with E-state index < -0.39 is 11.7 Å². The zero-order valence-corrected chi connectivity index (χ0v) is 11.5. The van der Waals surface area contributed by atoms with E-state index >= 15 is 0 Å². The summed E-state index contributed by atoms with van der Waals surface area (Å²) in [5.74, 6) is 0. The van der Waals surface area contributed by atoms with Crippen LogP contribution in [0.2, 0.25) is 0 Å². The second-order valence-corrected chi connectivity index (χ2v) is 5.49. The number of thiophene rings is 1. The minimum Gasteiger partial charge on any atom is -0.315 e. The summed E-state index contributed by atoms with van der Waals surface area (Å²) in [5, 5.41) is 3.02. The fraction of sp³-hybridized carbons (Fsp3) is 0.286. The van der Waals surface area contributed by atoms with Gasteiger partial charge in [-0.3, -0.25) is 0 Å². The first-order valence-corrected chi connectivity index (χ1v) is 6.65. The number of nitrogens with one attached hydrogen (secondary N) is 1. The van der Waals surface area contributed by atoms with Crippen molar-refractivity contribution >= 4 is 11.3 Å². The quantitative estimate of drug-likeness (QED) is 0.878. The summed E-state index contributed by atoms with van der Waals surface area (Å²) >= 11 is 1.51. The van der Waals surface area contributed by atoms with Crippen molar-refractivity contribution in [3.63, 3.8) is 0 Å². The number of hydrogen-bond acceptors (Lipinski definition) is 2. The van der Waals surface area contributed by atoms with Crippen LogP contribution in [0.1, 0.15) is 16.0 Å². The maximum Gasteiger partial charge on any atom is 0.416 e. The van der Waals surface area contributed by atoms with Gasteiger partial charge in [0.1, 0.15) is 0 Å². The van der Waals surface area contributed by atoms with Crippen molar-refractivity contribution in [2.75, 3.05) is 7.05 Å². The van der Waals surface area contributed by atoms with Gasteiger partial charge in [-0.1, -0.05) is 12.1 Å². The summed E-state index contributed by atoms with van der Waals surface area (Å²) in [5.41, 5.74) is 0.307. The van der Waals surface area contributed by atoms with E-state index in [1.807, 2.05) is 19.2 Å². The minimum atomic E-state index is -4.30. The molecule has 2 aromatic rings. The van der Waals surface area contributed by atoms with Crippen LogP contribution in [0.4, 0.5) is 13.2 Å². The summed E-state index contributed by atoms with van der Waals surface area (Å²) < 4.78 is 38.6. The van der Waals surface area contributed by atoms with E-state index in [-0.39, 0.29) is 5.56 Å². The Balaban J connectivity index is 2.39. The zero-order chi connectivity index (χ0) is 14.0. The fourth-order valence-corrected chi connectivity index (χ4v) is 2.90. The van der Waals surface area contributed by atoms with Crippen molar-refractivity contribution in [3.8, 4) is 10.4 Å². The van der Waals surface area contributed by atoms with Crippen LogP contribution in [-0.4, -0.2) is 7.05 Å². The Morgan fingerprint density at radius 2 is 1.89 bits per heavy atom.